The molecule has 0 aliphatic carbocycles. The van der Waals surface area contributed by atoms with E-state index in [9.17, 15) is 14.9 Å². The minimum absolute atomic E-state index is 0.0207. The number of non-ortho nitro benzene ring substituents is 1. The van der Waals surface area contributed by atoms with Gasteiger partial charge in [0.05, 0.1) is 19.1 Å². The van der Waals surface area contributed by atoms with Crippen molar-refractivity contribution < 1.29 is 19.2 Å². The Kier molecular flexibility index (Phi) is 8.82. The van der Waals surface area contributed by atoms with Crippen LogP contribution in [0, 0.1) is 10.1 Å². The molecule has 0 radical (unpaired) electrons. The second-order valence-electron chi connectivity index (χ2n) is 10.1. The second kappa shape index (κ2) is 13.0. The fourth-order valence-corrected chi connectivity index (χ4v) is 5.35. The van der Waals surface area contributed by atoms with Crippen LogP contribution in [0.3, 0.4) is 0 Å². The third-order valence-corrected chi connectivity index (χ3v) is 7.45. The van der Waals surface area contributed by atoms with E-state index in [-0.39, 0.29) is 28.9 Å². The third-order valence-electron chi connectivity index (χ3n) is 7.45. The minimum atomic E-state index is -0.379. The monoisotopic (exact) mass is 563 g/mol. The Bertz CT molecular complexity index is 1680. The minimum Gasteiger partial charge on any atom is -0.493 e. The van der Waals surface area contributed by atoms with E-state index >= 15 is 0 Å². The van der Waals surface area contributed by atoms with Crippen LogP contribution in [0.5, 0.6) is 11.5 Å². The standard InChI is InChI=1S/C34H33N3O5/c1-41-32-16-13-24(19-33(32)42-2)17-18-35-34(38)21-28(26-11-7-4-8-12-26)30-23-36(22-25-9-5-3-6-10-25)31-15-14-27(37(39)40)20-29(30)31/h3-16,19-20,23,28H,17-18,21-22H2,1-2H3,(H,35,38)/t28-/m0/s1. The number of fused-ring (bicyclic) bond motifs is 1. The SMILES string of the molecule is COc1ccc(CCNC(=O)C[C@@H](c2ccccc2)c2cn(Cc3ccccc3)c3ccc([N+](=O)[O-])cc23)cc1OC. The maximum Gasteiger partial charge on any atom is 0.270 e. The zero-order chi connectivity index (χ0) is 29.5. The van der Waals surface area contributed by atoms with Crippen LogP contribution >= 0.6 is 0 Å². The number of carbonyl (C=O) groups is 1. The molecule has 0 aliphatic heterocycles. The van der Waals surface area contributed by atoms with E-state index in [0.29, 0.717) is 31.0 Å². The van der Waals surface area contributed by atoms with Gasteiger partial charge in [-0.05, 0) is 46.9 Å². The van der Waals surface area contributed by atoms with Gasteiger partial charge in [-0.1, -0.05) is 66.7 Å². The molecule has 1 aromatic heterocycles. The molecule has 5 rings (SSSR count). The molecule has 1 amide bonds. The van der Waals surface area contributed by atoms with Crippen LogP contribution in [-0.2, 0) is 17.8 Å². The summed E-state index contributed by atoms with van der Waals surface area (Å²) in [5.41, 5.74) is 4.89. The lowest BCUT2D eigenvalue weighted by atomic mass is 9.88. The molecule has 0 fully saturated rings. The van der Waals surface area contributed by atoms with Crippen molar-refractivity contribution in [2.45, 2.75) is 25.3 Å². The molecule has 0 aliphatic rings. The van der Waals surface area contributed by atoms with E-state index in [1.54, 1.807) is 26.4 Å². The fraction of sp³-hybridized carbons (Fsp3) is 0.206. The Hall–Kier alpha value is -5.11. The van der Waals surface area contributed by atoms with Gasteiger partial charge in [0.2, 0.25) is 5.91 Å². The highest BCUT2D eigenvalue weighted by molar-refractivity contribution is 5.88. The number of rotatable bonds is 12. The molecule has 0 spiro atoms. The van der Waals surface area contributed by atoms with Crippen molar-refractivity contribution in [1.29, 1.82) is 0 Å². The van der Waals surface area contributed by atoms with Crippen LogP contribution < -0.4 is 14.8 Å². The molecule has 5 aromatic rings. The number of benzene rings is 4. The van der Waals surface area contributed by atoms with Crippen molar-refractivity contribution in [3.8, 4) is 11.5 Å². The maximum absolute atomic E-state index is 13.4. The summed E-state index contributed by atoms with van der Waals surface area (Å²) >= 11 is 0. The largest absolute Gasteiger partial charge is 0.493 e. The Morgan fingerprint density at radius 3 is 2.29 bits per heavy atom. The van der Waals surface area contributed by atoms with Crippen molar-refractivity contribution in [2.24, 2.45) is 0 Å². The quantitative estimate of drug-likeness (QED) is 0.138. The zero-order valence-corrected chi connectivity index (χ0v) is 23.7. The van der Waals surface area contributed by atoms with Crippen LogP contribution in [0.1, 0.15) is 34.6 Å². The highest BCUT2D eigenvalue weighted by Gasteiger charge is 2.24. The van der Waals surface area contributed by atoms with Gasteiger partial charge in [0.25, 0.3) is 5.69 Å². The first kappa shape index (κ1) is 28.4. The average Bonchev–Trinajstić information content (AvgIpc) is 3.37. The van der Waals surface area contributed by atoms with Crippen LogP contribution in [0.4, 0.5) is 5.69 Å². The normalized spacial score (nSPS) is 11.7. The first-order valence-corrected chi connectivity index (χ1v) is 13.8. The Morgan fingerprint density at radius 1 is 0.881 bits per heavy atom. The summed E-state index contributed by atoms with van der Waals surface area (Å²) in [5, 5.41) is 15.5. The number of carbonyl (C=O) groups excluding carboxylic acids is 1. The first-order chi connectivity index (χ1) is 20.5. The third kappa shape index (κ3) is 6.44. The summed E-state index contributed by atoms with van der Waals surface area (Å²) < 4.78 is 12.8. The van der Waals surface area contributed by atoms with Crippen molar-refractivity contribution in [2.75, 3.05) is 20.8 Å². The maximum atomic E-state index is 13.4. The molecule has 4 aromatic carbocycles. The summed E-state index contributed by atoms with van der Waals surface area (Å²) in [6.45, 7) is 1.06. The van der Waals surface area contributed by atoms with Crippen LogP contribution in [0.2, 0.25) is 0 Å². The number of hydrogen-bond acceptors (Lipinski definition) is 5. The molecule has 0 unspecified atom stereocenters. The van der Waals surface area contributed by atoms with E-state index < -0.39 is 0 Å². The number of hydrogen-bond donors (Lipinski definition) is 1. The van der Waals surface area contributed by atoms with Gasteiger partial charge in [-0.15, -0.1) is 0 Å². The smallest absolute Gasteiger partial charge is 0.270 e. The molecule has 0 bridgehead atoms. The zero-order valence-electron chi connectivity index (χ0n) is 23.7. The number of nitrogens with zero attached hydrogens (tertiary/aromatic N) is 2. The van der Waals surface area contributed by atoms with E-state index in [1.165, 1.54) is 6.07 Å². The molecule has 8 nitrogen and oxygen atoms in total. The van der Waals surface area contributed by atoms with Crippen molar-refractivity contribution >= 4 is 22.5 Å². The van der Waals surface area contributed by atoms with Crippen molar-refractivity contribution in [1.82, 2.24) is 9.88 Å². The van der Waals surface area contributed by atoms with Gasteiger partial charge < -0.3 is 19.4 Å². The first-order valence-electron chi connectivity index (χ1n) is 13.8. The predicted octanol–water partition coefficient (Wildman–Crippen LogP) is 6.50. The summed E-state index contributed by atoms with van der Waals surface area (Å²) in [5.74, 6) is 0.904. The topological polar surface area (TPSA) is 95.6 Å². The van der Waals surface area contributed by atoms with Gasteiger partial charge in [0, 0.05) is 54.7 Å². The molecular formula is C34H33N3O5. The van der Waals surface area contributed by atoms with Gasteiger partial charge in [-0.25, -0.2) is 0 Å². The average molecular weight is 564 g/mol. The Balaban J connectivity index is 1.43. The Morgan fingerprint density at radius 2 is 1.60 bits per heavy atom. The number of nitro groups is 1. The molecule has 214 valence electrons. The number of aromatic nitrogens is 1. The molecular weight excluding hydrogens is 530 g/mol. The van der Waals surface area contributed by atoms with Crippen molar-refractivity contribution in [3.63, 3.8) is 0 Å². The highest BCUT2D eigenvalue weighted by atomic mass is 16.6. The van der Waals surface area contributed by atoms with Gasteiger partial charge >= 0.3 is 0 Å². The lowest BCUT2D eigenvalue weighted by Crippen LogP contribution is -2.27. The van der Waals surface area contributed by atoms with Gasteiger partial charge in [-0.3, -0.25) is 14.9 Å². The number of methoxy groups -OCH3 is 2. The van der Waals surface area contributed by atoms with E-state index in [1.807, 2.05) is 72.9 Å². The summed E-state index contributed by atoms with van der Waals surface area (Å²) in [7, 11) is 3.19. The number of nitrogens with one attached hydrogen (secondary N) is 1. The number of ether oxygens (including phenoxy) is 2. The molecule has 0 saturated heterocycles. The lowest BCUT2D eigenvalue weighted by molar-refractivity contribution is -0.384. The fourth-order valence-electron chi connectivity index (χ4n) is 5.35. The van der Waals surface area contributed by atoms with E-state index in [0.717, 1.165) is 33.2 Å². The van der Waals surface area contributed by atoms with E-state index in [2.05, 4.69) is 22.0 Å². The summed E-state index contributed by atoms with van der Waals surface area (Å²) in [6, 6.07) is 30.6. The summed E-state index contributed by atoms with van der Waals surface area (Å²) in [4.78, 5) is 24.7. The van der Waals surface area contributed by atoms with Crippen LogP contribution in [-0.4, -0.2) is 36.2 Å². The van der Waals surface area contributed by atoms with E-state index in [4.69, 9.17) is 9.47 Å². The molecule has 8 heteroatoms. The number of amides is 1. The van der Waals surface area contributed by atoms with Gasteiger partial charge in [0.15, 0.2) is 11.5 Å². The molecule has 1 heterocycles. The Labute approximate surface area is 244 Å². The highest BCUT2D eigenvalue weighted by Crippen LogP contribution is 2.37. The molecule has 42 heavy (non-hydrogen) atoms. The number of nitro benzene ring substituents is 1. The molecule has 1 atom stereocenters. The van der Waals surface area contributed by atoms with Crippen LogP contribution in [0.15, 0.2) is 103 Å². The lowest BCUT2D eigenvalue weighted by Gasteiger charge is -2.17. The molecule has 1 N–H and O–H groups in total. The predicted molar refractivity (Wildman–Crippen MR) is 163 cm³/mol. The summed E-state index contributed by atoms with van der Waals surface area (Å²) in [6.07, 6.45) is 2.86. The molecule has 0 saturated carbocycles. The van der Waals surface area contributed by atoms with Gasteiger partial charge in [-0.2, -0.15) is 0 Å². The van der Waals surface area contributed by atoms with Crippen molar-refractivity contribution in [3.05, 3.63) is 136 Å². The van der Waals surface area contributed by atoms with Gasteiger partial charge in [0.1, 0.15) is 0 Å². The second-order valence-corrected chi connectivity index (χ2v) is 10.1. The van der Waals surface area contributed by atoms with Crippen LogP contribution in [0.25, 0.3) is 10.9 Å².